The molecule has 6 heteroatoms. The molecule has 0 aromatic heterocycles. The Labute approximate surface area is 122 Å². The Morgan fingerprint density at radius 1 is 1.29 bits per heavy atom. The monoisotopic (exact) mass is 288 g/mol. The van der Waals surface area contributed by atoms with E-state index >= 15 is 0 Å². The van der Waals surface area contributed by atoms with Gasteiger partial charge in [-0.2, -0.15) is 0 Å². The maximum atomic E-state index is 10.8. The van der Waals surface area contributed by atoms with E-state index in [0.29, 0.717) is 23.5 Å². The molecule has 0 fully saturated rings. The zero-order valence-electron chi connectivity index (χ0n) is 11.8. The Bertz CT molecular complexity index is 671. The van der Waals surface area contributed by atoms with Crippen LogP contribution in [-0.2, 0) is 6.54 Å². The van der Waals surface area contributed by atoms with Gasteiger partial charge in [-0.1, -0.05) is 17.7 Å². The number of hydrogen-bond acceptors (Lipinski definition) is 5. The first-order chi connectivity index (χ1) is 10.0. The number of hydrogen-bond donors (Lipinski definition) is 2. The van der Waals surface area contributed by atoms with Crippen molar-refractivity contribution in [3.63, 3.8) is 0 Å². The molecule has 6 nitrogen and oxygen atoms in total. The van der Waals surface area contributed by atoms with Crippen LogP contribution in [0.15, 0.2) is 36.4 Å². The van der Waals surface area contributed by atoms with Crippen molar-refractivity contribution in [2.24, 2.45) is 0 Å². The van der Waals surface area contributed by atoms with E-state index in [9.17, 15) is 15.2 Å². The number of non-ortho nitro benzene ring substituents is 1. The van der Waals surface area contributed by atoms with Crippen LogP contribution >= 0.6 is 0 Å². The molecular formula is C15H16N2O4. The summed E-state index contributed by atoms with van der Waals surface area (Å²) in [5.41, 5.74) is 2.22. The fraction of sp³-hybridized carbons (Fsp3) is 0.200. The molecule has 110 valence electrons. The van der Waals surface area contributed by atoms with Gasteiger partial charge in [-0.25, -0.2) is 0 Å². The van der Waals surface area contributed by atoms with E-state index < -0.39 is 4.92 Å². The van der Waals surface area contributed by atoms with Crippen molar-refractivity contribution in [2.75, 3.05) is 12.4 Å². The number of benzene rings is 2. The summed E-state index contributed by atoms with van der Waals surface area (Å²) in [5.74, 6) is 0.685. The quantitative estimate of drug-likeness (QED) is 0.651. The highest BCUT2D eigenvalue weighted by Gasteiger charge is 2.11. The lowest BCUT2D eigenvalue weighted by molar-refractivity contribution is -0.384. The van der Waals surface area contributed by atoms with E-state index in [1.807, 2.05) is 19.1 Å². The topological polar surface area (TPSA) is 84.6 Å². The summed E-state index contributed by atoms with van der Waals surface area (Å²) in [6, 6.07) is 9.62. The molecule has 0 aliphatic carbocycles. The summed E-state index contributed by atoms with van der Waals surface area (Å²) in [6.45, 7) is 2.27. The third-order valence-electron chi connectivity index (χ3n) is 3.10. The van der Waals surface area contributed by atoms with Gasteiger partial charge < -0.3 is 15.2 Å². The van der Waals surface area contributed by atoms with Crippen LogP contribution in [0.5, 0.6) is 11.5 Å². The lowest BCUT2D eigenvalue weighted by Gasteiger charge is -2.12. The summed E-state index contributed by atoms with van der Waals surface area (Å²) < 4.78 is 5.17. The zero-order chi connectivity index (χ0) is 15.4. The molecule has 0 saturated carbocycles. The van der Waals surface area contributed by atoms with Crippen LogP contribution in [-0.4, -0.2) is 17.1 Å². The maximum absolute atomic E-state index is 10.8. The number of nitrogens with one attached hydrogen (secondary N) is 1. The van der Waals surface area contributed by atoms with Gasteiger partial charge in [-0.15, -0.1) is 0 Å². The van der Waals surface area contributed by atoms with Crippen LogP contribution in [0.25, 0.3) is 0 Å². The number of nitrogens with zero attached hydrogens (tertiary/aromatic N) is 1. The summed E-state index contributed by atoms with van der Waals surface area (Å²) in [6.07, 6.45) is 0. The van der Waals surface area contributed by atoms with E-state index in [2.05, 4.69) is 5.32 Å². The SMILES string of the molecule is COc1ccc([N+](=O)[O-])cc1NCc1cc(C)ccc1O. The van der Waals surface area contributed by atoms with Crippen LogP contribution in [0.4, 0.5) is 11.4 Å². The van der Waals surface area contributed by atoms with Gasteiger partial charge in [0.2, 0.25) is 0 Å². The van der Waals surface area contributed by atoms with Crippen LogP contribution in [0.3, 0.4) is 0 Å². The number of nitro groups is 1. The van der Waals surface area contributed by atoms with Crippen LogP contribution in [0.1, 0.15) is 11.1 Å². The standard InChI is InChI=1S/C15H16N2O4/c1-10-3-5-14(18)11(7-10)9-16-13-8-12(17(19)20)4-6-15(13)21-2/h3-8,16,18H,9H2,1-2H3. The molecule has 0 heterocycles. The average molecular weight is 288 g/mol. The highest BCUT2D eigenvalue weighted by Crippen LogP contribution is 2.30. The number of aromatic hydroxyl groups is 1. The van der Waals surface area contributed by atoms with Gasteiger partial charge in [-0.05, 0) is 19.1 Å². The highest BCUT2D eigenvalue weighted by atomic mass is 16.6. The summed E-state index contributed by atoms with van der Waals surface area (Å²) in [4.78, 5) is 10.4. The number of nitro benzene ring substituents is 1. The molecule has 2 aromatic carbocycles. The van der Waals surface area contributed by atoms with Crippen molar-refractivity contribution in [1.82, 2.24) is 0 Å². The second-order valence-electron chi connectivity index (χ2n) is 4.63. The minimum absolute atomic E-state index is 0.0215. The highest BCUT2D eigenvalue weighted by molar-refractivity contribution is 5.62. The molecule has 21 heavy (non-hydrogen) atoms. The molecule has 2 N–H and O–H groups in total. The average Bonchev–Trinajstić information content (AvgIpc) is 2.47. The number of rotatable bonds is 5. The van der Waals surface area contributed by atoms with Crippen molar-refractivity contribution in [3.05, 3.63) is 57.6 Å². The minimum Gasteiger partial charge on any atom is -0.508 e. The smallest absolute Gasteiger partial charge is 0.271 e. The van der Waals surface area contributed by atoms with Crippen LogP contribution in [0.2, 0.25) is 0 Å². The van der Waals surface area contributed by atoms with Crippen molar-refractivity contribution in [2.45, 2.75) is 13.5 Å². The van der Waals surface area contributed by atoms with Gasteiger partial charge in [0, 0.05) is 24.2 Å². The molecule has 0 bridgehead atoms. The summed E-state index contributed by atoms with van der Waals surface area (Å²) in [5, 5.41) is 23.7. The minimum atomic E-state index is -0.464. The van der Waals surface area contributed by atoms with E-state index in [0.717, 1.165) is 5.56 Å². The van der Waals surface area contributed by atoms with E-state index in [1.54, 1.807) is 6.07 Å². The second kappa shape index (κ2) is 6.13. The molecule has 0 amide bonds. The lowest BCUT2D eigenvalue weighted by Crippen LogP contribution is -2.03. The molecule has 0 unspecified atom stereocenters. The third kappa shape index (κ3) is 3.42. The van der Waals surface area contributed by atoms with Crippen LogP contribution < -0.4 is 10.1 Å². The molecule has 2 aromatic rings. The van der Waals surface area contributed by atoms with Gasteiger partial charge in [0.15, 0.2) is 0 Å². The number of phenolic OH excluding ortho intramolecular Hbond substituents is 1. The molecule has 0 spiro atoms. The van der Waals surface area contributed by atoms with Gasteiger partial charge in [-0.3, -0.25) is 10.1 Å². The summed E-state index contributed by atoms with van der Waals surface area (Å²) >= 11 is 0. The number of methoxy groups -OCH3 is 1. The molecule has 0 aliphatic heterocycles. The van der Waals surface area contributed by atoms with E-state index in [4.69, 9.17) is 4.74 Å². The molecule has 0 saturated heterocycles. The van der Waals surface area contributed by atoms with E-state index in [-0.39, 0.29) is 11.4 Å². The largest absolute Gasteiger partial charge is 0.508 e. The number of phenols is 1. The lowest BCUT2D eigenvalue weighted by atomic mass is 10.1. The fourth-order valence-corrected chi connectivity index (χ4v) is 1.99. The number of anilines is 1. The first-order valence-corrected chi connectivity index (χ1v) is 6.36. The maximum Gasteiger partial charge on any atom is 0.271 e. The Morgan fingerprint density at radius 2 is 2.05 bits per heavy atom. The first-order valence-electron chi connectivity index (χ1n) is 6.36. The number of aryl methyl sites for hydroxylation is 1. The third-order valence-corrected chi connectivity index (χ3v) is 3.10. The normalized spacial score (nSPS) is 10.2. The second-order valence-corrected chi connectivity index (χ2v) is 4.63. The van der Waals surface area contributed by atoms with Gasteiger partial charge >= 0.3 is 0 Å². The fourth-order valence-electron chi connectivity index (χ4n) is 1.99. The predicted molar refractivity (Wildman–Crippen MR) is 79.8 cm³/mol. The van der Waals surface area contributed by atoms with Crippen LogP contribution in [0, 0.1) is 17.0 Å². The molecular weight excluding hydrogens is 272 g/mol. The molecule has 0 atom stereocenters. The predicted octanol–water partition coefficient (Wildman–Crippen LogP) is 3.23. The van der Waals surface area contributed by atoms with Gasteiger partial charge in [0.05, 0.1) is 17.7 Å². The Morgan fingerprint density at radius 3 is 2.71 bits per heavy atom. The van der Waals surface area contributed by atoms with Gasteiger partial charge in [0.1, 0.15) is 11.5 Å². The first kappa shape index (κ1) is 14.6. The molecule has 0 aliphatic rings. The Hall–Kier alpha value is -2.76. The van der Waals surface area contributed by atoms with Gasteiger partial charge in [0.25, 0.3) is 5.69 Å². The molecule has 2 rings (SSSR count). The van der Waals surface area contributed by atoms with Crippen molar-refractivity contribution in [1.29, 1.82) is 0 Å². The number of ether oxygens (including phenoxy) is 1. The van der Waals surface area contributed by atoms with Crippen molar-refractivity contribution >= 4 is 11.4 Å². The zero-order valence-corrected chi connectivity index (χ0v) is 11.8. The van der Waals surface area contributed by atoms with E-state index in [1.165, 1.54) is 25.3 Å². The summed E-state index contributed by atoms with van der Waals surface area (Å²) in [7, 11) is 1.50. The van der Waals surface area contributed by atoms with Crippen molar-refractivity contribution < 1.29 is 14.8 Å². The Kier molecular flexibility index (Phi) is 4.27. The van der Waals surface area contributed by atoms with Crippen molar-refractivity contribution in [3.8, 4) is 11.5 Å². The molecule has 0 radical (unpaired) electrons. The Balaban J connectivity index is 2.24.